The second-order valence-electron chi connectivity index (χ2n) is 9.10. The first-order chi connectivity index (χ1) is 19.4. The number of esters is 2. The van der Waals surface area contributed by atoms with Crippen molar-refractivity contribution < 1.29 is 37.1 Å². The monoisotopic (exact) mass is 567 g/mol. The van der Waals surface area contributed by atoms with Crippen LogP contribution in [0.25, 0.3) is 10.8 Å². The fourth-order valence-electron chi connectivity index (χ4n) is 4.08. The van der Waals surface area contributed by atoms with Crippen LogP contribution in [0, 0.1) is 13.8 Å². The number of imidazole rings is 1. The van der Waals surface area contributed by atoms with Crippen LogP contribution in [0.3, 0.4) is 0 Å². The predicted molar refractivity (Wildman–Crippen MR) is 143 cm³/mol. The molecule has 1 aromatic heterocycles. The van der Waals surface area contributed by atoms with Crippen molar-refractivity contribution in [3.05, 3.63) is 89.5 Å². The molecule has 3 amide bonds. The van der Waals surface area contributed by atoms with Gasteiger partial charge in [0.2, 0.25) is 0 Å². The van der Waals surface area contributed by atoms with Crippen LogP contribution in [0.4, 0.5) is 29.3 Å². The van der Waals surface area contributed by atoms with E-state index >= 15 is 0 Å². The minimum atomic E-state index is -5.42. The van der Waals surface area contributed by atoms with Gasteiger partial charge >= 0.3 is 24.1 Å². The zero-order chi connectivity index (χ0) is 29.7. The molecule has 0 aliphatic heterocycles. The van der Waals surface area contributed by atoms with Crippen LogP contribution >= 0.6 is 0 Å². The van der Waals surface area contributed by atoms with Crippen molar-refractivity contribution in [3.63, 3.8) is 0 Å². The number of para-hydroxylation sites is 1. The fourth-order valence-corrected chi connectivity index (χ4v) is 4.08. The van der Waals surface area contributed by atoms with E-state index in [-0.39, 0.29) is 23.4 Å². The van der Waals surface area contributed by atoms with Gasteiger partial charge in [-0.15, -0.1) is 0 Å². The number of alkyl halides is 3. The van der Waals surface area contributed by atoms with Crippen molar-refractivity contribution in [2.45, 2.75) is 32.5 Å². The smallest absolute Gasteiger partial charge is 0.385 e. The third-order valence-corrected chi connectivity index (χ3v) is 6.09. The Bertz CT molecular complexity index is 1600. The van der Waals surface area contributed by atoms with E-state index < -0.39 is 36.1 Å². The van der Waals surface area contributed by atoms with Gasteiger partial charge in [0.15, 0.2) is 0 Å². The van der Waals surface area contributed by atoms with Crippen molar-refractivity contribution in [1.82, 2.24) is 15.3 Å². The van der Waals surface area contributed by atoms with E-state index in [0.29, 0.717) is 16.5 Å². The van der Waals surface area contributed by atoms with Gasteiger partial charge in [-0.05, 0) is 47.9 Å². The van der Waals surface area contributed by atoms with Crippen LogP contribution in [-0.2, 0) is 20.7 Å². The number of nitrogens with zero attached hydrogens (tertiary/aromatic N) is 1. The van der Waals surface area contributed by atoms with Gasteiger partial charge in [-0.2, -0.15) is 13.2 Å². The van der Waals surface area contributed by atoms with E-state index in [1.807, 2.05) is 32.0 Å². The lowest BCUT2D eigenvalue weighted by Gasteiger charge is -2.19. The minimum Gasteiger partial charge on any atom is -0.385 e. The number of urea groups is 1. The number of aromatic nitrogens is 2. The molecule has 10 nitrogen and oxygen atoms in total. The van der Waals surface area contributed by atoms with E-state index in [1.54, 1.807) is 30.3 Å². The largest absolute Gasteiger partial charge is 0.491 e. The average Bonchev–Trinajstić information content (AvgIpc) is 3.42. The van der Waals surface area contributed by atoms with Gasteiger partial charge in [-0.25, -0.2) is 19.4 Å². The Morgan fingerprint density at radius 3 is 2.22 bits per heavy atom. The molecule has 0 radical (unpaired) electrons. The number of aromatic amines is 1. The van der Waals surface area contributed by atoms with E-state index in [4.69, 9.17) is 0 Å². The first kappa shape index (κ1) is 28.8. The van der Waals surface area contributed by atoms with Gasteiger partial charge < -0.3 is 25.7 Å². The van der Waals surface area contributed by atoms with E-state index in [2.05, 4.69) is 30.7 Å². The van der Waals surface area contributed by atoms with Gasteiger partial charge in [0.25, 0.3) is 5.91 Å². The Hall–Kier alpha value is -5.20. The molecule has 0 aliphatic rings. The Morgan fingerprint density at radius 2 is 1.61 bits per heavy atom. The van der Waals surface area contributed by atoms with Crippen LogP contribution in [-0.4, -0.2) is 46.1 Å². The summed E-state index contributed by atoms with van der Waals surface area (Å²) in [5.41, 5.74) is 2.44. The highest BCUT2D eigenvalue weighted by molar-refractivity contribution is 6.10. The normalized spacial score (nSPS) is 11.9. The third kappa shape index (κ3) is 7.06. The van der Waals surface area contributed by atoms with Crippen molar-refractivity contribution in [2.24, 2.45) is 0 Å². The van der Waals surface area contributed by atoms with Gasteiger partial charge in [0, 0.05) is 24.0 Å². The number of hydrogen-bond donors (Lipinski definition) is 4. The number of carbonyl (C=O) groups excluding carboxylic acids is 4. The molecule has 4 aromatic rings. The lowest BCUT2D eigenvalue weighted by molar-refractivity contribution is -0.202. The molecule has 0 unspecified atom stereocenters. The number of rotatable bonds is 7. The summed E-state index contributed by atoms with van der Waals surface area (Å²) in [6.07, 6.45) is -3.23. The Balaban J connectivity index is 1.64. The van der Waals surface area contributed by atoms with Crippen LogP contribution in [0.15, 0.2) is 67.1 Å². The van der Waals surface area contributed by atoms with Crippen molar-refractivity contribution in [2.75, 3.05) is 10.6 Å². The Kier molecular flexibility index (Phi) is 8.36. The lowest BCUT2D eigenvalue weighted by atomic mass is 10.0. The molecular weight excluding hydrogens is 543 g/mol. The number of halogens is 3. The summed E-state index contributed by atoms with van der Waals surface area (Å²) in [6, 6.07) is 13.1. The summed E-state index contributed by atoms with van der Waals surface area (Å²) in [6.45, 7) is 3.64. The minimum absolute atomic E-state index is 0.0602. The number of hydrogen-bond acceptors (Lipinski definition) is 6. The summed E-state index contributed by atoms with van der Waals surface area (Å²) >= 11 is 0. The lowest BCUT2D eigenvalue weighted by Crippen LogP contribution is -2.45. The van der Waals surface area contributed by atoms with Crippen molar-refractivity contribution >= 4 is 46.0 Å². The summed E-state index contributed by atoms with van der Waals surface area (Å²) in [4.78, 5) is 56.7. The number of benzene rings is 3. The maximum atomic E-state index is 13.5. The maximum Gasteiger partial charge on any atom is 0.491 e. The zero-order valence-electron chi connectivity index (χ0n) is 21.8. The molecule has 0 spiro atoms. The number of carbonyl (C=O) groups is 4. The topological polar surface area (TPSA) is 142 Å². The molecule has 1 atom stereocenters. The molecule has 41 heavy (non-hydrogen) atoms. The second kappa shape index (κ2) is 11.9. The summed E-state index contributed by atoms with van der Waals surface area (Å²) in [5.74, 6) is -5.26. The molecule has 0 aliphatic carbocycles. The third-order valence-electron chi connectivity index (χ3n) is 6.09. The van der Waals surface area contributed by atoms with Crippen LogP contribution in [0.1, 0.15) is 27.2 Å². The van der Waals surface area contributed by atoms with Crippen LogP contribution in [0.5, 0.6) is 0 Å². The molecule has 13 heteroatoms. The highest BCUT2D eigenvalue weighted by atomic mass is 19.4. The molecule has 4 rings (SSSR count). The molecule has 3 aromatic carbocycles. The van der Waals surface area contributed by atoms with Gasteiger partial charge in [0.05, 0.1) is 17.6 Å². The summed E-state index contributed by atoms with van der Waals surface area (Å²) < 4.78 is 42.2. The fraction of sp³-hybridized carbons (Fsp3) is 0.179. The molecule has 0 saturated heterocycles. The van der Waals surface area contributed by atoms with Gasteiger partial charge in [0.1, 0.15) is 6.04 Å². The second-order valence-corrected chi connectivity index (χ2v) is 9.10. The Morgan fingerprint density at radius 1 is 0.951 bits per heavy atom. The maximum absolute atomic E-state index is 13.5. The van der Waals surface area contributed by atoms with Crippen molar-refractivity contribution in [1.29, 1.82) is 0 Å². The highest BCUT2D eigenvalue weighted by Gasteiger charge is 2.43. The summed E-state index contributed by atoms with van der Waals surface area (Å²) in [5, 5.41) is 9.00. The molecule has 4 N–H and O–H groups in total. The number of nitrogens with one attached hydrogen (secondary N) is 4. The summed E-state index contributed by atoms with van der Waals surface area (Å²) in [7, 11) is 0. The van der Waals surface area contributed by atoms with Crippen LogP contribution < -0.4 is 16.0 Å². The standard InChI is InChI=1S/C28H24F3N5O5/c1-15-6-5-7-16(2)23(15)36-27(40)35-21-11-18-9-4-3-8-17(18)10-20(21)24(37)34-22(12-19-13-32-14-33-19)25(38)41-26(39)28(29,30)31/h3-11,13-14,22H,12H2,1-2H3,(H,32,33)(H,34,37)(H2,35,36,40)/t22-/m0/s1. The van der Waals surface area contributed by atoms with Gasteiger partial charge in [-0.1, -0.05) is 42.5 Å². The Labute approximate surface area is 231 Å². The highest BCUT2D eigenvalue weighted by Crippen LogP contribution is 2.26. The van der Waals surface area contributed by atoms with Crippen LogP contribution in [0.2, 0.25) is 0 Å². The van der Waals surface area contributed by atoms with Gasteiger partial charge in [-0.3, -0.25) is 4.79 Å². The number of aryl methyl sites for hydroxylation is 2. The quantitative estimate of drug-likeness (QED) is 0.187. The van der Waals surface area contributed by atoms with Crippen molar-refractivity contribution in [3.8, 4) is 0 Å². The predicted octanol–water partition coefficient (Wildman–Crippen LogP) is 4.80. The number of anilines is 2. The first-order valence-electron chi connectivity index (χ1n) is 12.2. The van der Waals surface area contributed by atoms with E-state index in [1.165, 1.54) is 18.6 Å². The number of H-pyrrole nitrogens is 1. The molecule has 0 bridgehead atoms. The molecular formula is C28H24F3N5O5. The SMILES string of the molecule is Cc1cccc(C)c1NC(=O)Nc1cc2ccccc2cc1C(=O)N[C@@H](Cc1cnc[nH]1)C(=O)OC(=O)C(F)(F)F. The molecule has 1 heterocycles. The molecule has 0 saturated carbocycles. The number of fused-ring (bicyclic) bond motifs is 1. The van der Waals surface area contributed by atoms with E-state index in [0.717, 1.165) is 11.1 Å². The molecule has 0 fully saturated rings. The zero-order valence-corrected chi connectivity index (χ0v) is 21.8. The first-order valence-corrected chi connectivity index (χ1v) is 12.2. The number of ether oxygens (including phenoxy) is 1. The number of amides is 3. The molecule has 212 valence electrons. The van der Waals surface area contributed by atoms with E-state index in [9.17, 15) is 32.3 Å². The average molecular weight is 568 g/mol.